The summed E-state index contributed by atoms with van der Waals surface area (Å²) in [5.74, 6) is 1.70. The number of aromatic nitrogens is 1. The molecule has 3 amide bonds. The van der Waals surface area contributed by atoms with Gasteiger partial charge in [0.2, 0.25) is 5.91 Å². The SMILES string of the molecule is C#CCN1C(=O)S/C(=C\c2cn(CC(=O)Nc3ccc(Cl)cc3)c3ccccc23)C1=O. The summed E-state index contributed by atoms with van der Waals surface area (Å²) in [6.07, 6.45) is 8.70. The van der Waals surface area contributed by atoms with Crippen molar-refractivity contribution in [3.63, 3.8) is 0 Å². The van der Waals surface area contributed by atoms with Crippen LogP contribution in [0.25, 0.3) is 17.0 Å². The Balaban J connectivity index is 1.61. The molecule has 0 saturated carbocycles. The maximum absolute atomic E-state index is 12.6. The Morgan fingerprint density at radius 2 is 1.90 bits per heavy atom. The van der Waals surface area contributed by atoms with Gasteiger partial charge in [-0.25, -0.2) is 0 Å². The standard InChI is InChI=1S/C23H16ClN3O3S/c1-2-11-27-22(29)20(31-23(27)30)12-15-13-26(19-6-4-3-5-18(15)19)14-21(28)25-17-9-7-16(24)8-10-17/h1,3-10,12-13H,11,14H2,(H,25,28)/b20-12-. The molecule has 0 aliphatic carbocycles. The third kappa shape index (κ3) is 4.36. The number of benzene rings is 2. The molecule has 0 unspecified atom stereocenters. The van der Waals surface area contributed by atoms with Gasteiger partial charge in [0, 0.05) is 33.4 Å². The molecule has 1 fully saturated rings. The average molecular weight is 450 g/mol. The lowest BCUT2D eigenvalue weighted by Gasteiger charge is -2.07. The number of para-hydroxylation sites is 1. The van der Waals surface area contributed by atoms with Crippen molar-refractivity contribution in [1.29, 1.82) is 0 Å². The predicted octanol–water partition coefficient (Wildman–Crippen LogP) is 4.60. The first-order valence-corrected chi connectivity index (χ1v) is 10.5. The molecule has 1 saturated heterocycles. The van der Waals surface area contributed by atoms with Crippen molar-refractivity contribution >= 4 is 63.1 Å². The van der Waals surface area contributed by atoms with Crippen LogP contribution in [0.1, 0.15) is 5.56 Å². The summed E-state index contributed by atoms with van der Waals surface area (Å²) in [6, 6.07) is 14.4. The number of halogens is 1. The maximum atomic E-state index is 12.6. The van der Waals surface area contributed by atoms with Gasteiger partial charge in [-0.15, -0.1) is 6.42 Å². The molecule has 154 valence electrons. The fraction of sp³-hybridized carbons (Fsp3) is 0.0870. The number of nitrogens with one attached hydrogen (secondary N) is 1. The smallest absolute Gasteiger partial charge is 0.294 e. The van der Waals surface area contributed by atoms with Crippen LogP contribution in [-0.4, -0.2) is 33.1 Å². The van der Waals surface area contributed by atoms with Crippen LogP contribution in [0, 0.1) is 12.3 Å². The summed E-state index contributed by atoms with van der Waals surface area (Å²) < 4.78 is 1.80. The van der Waals surface area contributed by atoms with Gasteiger partial charge in [-0.1, -0.05) is 35.7 Å². The van der Waals surface area contributed by atoms with Crippen LogP contribution in [0.15, 0.2) is 59.6 Å². The zero-order valence-electron chi connectivity index (χ0n) is 16.2. The molecule has 1 aliphatic heterocycles. The Bertz CT molecular complexity index is 1270. The Morgan fingerprint density at radius 1 is 1.16 bits per heavy atom. The molecule has 0 atom stereocenters. The van der Waals surface area contributed by atoms with Gasteiger partial charge in [-0.05, 0) is 48.2 Å². The highest BCUT2D eigenvalue weighted by Crippen LogP contribution is 2.34. The number of imide groups is 1. The minimum Gasteiger partial charge on any atom is -0.337 e. The van der Waals surface area contributed by atoms with E-state index < -0.39 is 5.91 Å². The molecular formula is C23H16ClN3O3S. The minimum atomic E-state index is -0.412. The molecule has 2 heterocycles. The van der Waals surface area contributed by atoms with E-state index in [-0.39, 0.29) is 24.2 Å². The molecule has 31 heavy (non-hydrogen) atoms. The van der Waals surface area contributed by atoms with E-state index in [1.807, 2.05) is 24.3 Å². The quantitative estimate of drug-likeness (QED) is 0.456. The Labute approximate surface area is 187 Å². The highest BCUT2D eigenvalue weighted by atomic mass is 35.5. The largest absolute Gasteiger partial charge is 0.337 e. The summed E-state index contributed by atoms with van der Waals surface area (Å²) in [5.41, 5.74) is 2.22. The molecule has 8 heteroatoms. The van der Waals surface area contributed by atoms with E-state index >= 15 is 0 Å². The average Bonchev–Trinajstić information content (AvgIpc) is 3.22. The Kier molecular flexibility index (Phi) is 5.85. The Morgan fingerprint density at radius 3 is 2.65 bits per heavy atom. The lowest BCUT2D eigenvalue weighted by atomic mass is 10.1. The van der Waals surface area contributed by atoms with Crippen LogP contribution < -0.4 is 5.32 Å². The number of rotatable bonds is 5. The fourth-order valence-corrected chi connectivity index (χ4v) is 4.23. The second-order valence-corrected chi connectivity index (χ2v) is 8.19. The van der Waals surface area contributed by atoms with Gasteiger partial charge in [-0.3, -0.25) is 19.3 Å². The molecule has 0 radical (unpaired) electrons. The molecular weight excluding hydrogens is 434 g/mol. The van der Waals surface area contributed by atoms with Crippen molar-refractivity contribution < 1.29 is 14.4 Å². The molecule has 2 aromatic carbocycles. The van der Waals surface area contributed by atoms with Crippen molar-refractivity contribution in [2.24, 2.45) is 0 Å². The van der Waals surface area contributed by atoms with Crippen molar-refractivity contribution in [2.45, 2.75) is 6.54 Å². The molecule has 1 aromatic heterocycles. The number of anilines is 1. The summed E-state index contributed by atoms with van der Waals surface area (Å²) >= 11 is 6.73. The lowest BCUT2D eigenvalue weighted by molar-refractivity contribution is -0.122. The molecule has 0 spiro atoms. The molecule has 6 nitrogen and oxygen atoms in total. The van der Waals surface area contributed by atoms with E-state index in [1.165, 1.54) is 0 Å². The van der Waals surface area contributed by atoms with Gasteiger partial charge in [0.25, 0.3) is 11.1 Å². The topological polar surface area (TPSA) is 71.4 Å². The third-order valence-corrected chi connectivity index (χ3v) is 5.83. The third-order valence-electron chi connectivity index (χ3n) is 4.67. The fourth-order valence-electron chi connectivity index (χ4n) is 3.28. The summed E-state index contributed by atoms with van der Waals surface area (Å²) in [7, 11) is 0. The van der Waals surface area contributed by atoms with Crippen LogP contribution in [0.2, 0.25) is 5.02 Å². The van der Waals surface area contributed by atoms with Crippen molar-refractivity contribution in [3.8, 4) is 12.3 Å². The highest BCUT2D eigenvalue weighted by molar-refractivity contribution is 8.18. The first-order chi connectivity index (χ1) is 15.0. The second kappa shape index (κ2) is 8.72. The number of terminal acetylenes is 1. The number of amides is 3. The van der Waals surface area contributed by atoms with Gasteiger partial charge in [-0.2, -0.15) is 0 Å². The van der Waals surface area contributed by atoms with Crippen LogP contribution in [0.4, 0.5) is 10.5 Å². The number of carbonyl (C=O) groups is 3. The van der Waals surface area contributed by atoms with Crippen molar-refractivity contribution in [1.82, 2.24) is 9.47 Å². The van der Waals surface area contributed by atoms with E-state index in [9.17, 15) is 14.4 Å². The number of nitrogens with zero attached hydrogens (tertiary/aromatic N) is 2. The van der Waals surface area contributed by atoms with E-state index in [1.54, 1.807) is 41.1 Å². The van der Waals surface area contributed by atoms with Gasteiger partial charge in [0.15, 0.2) is 0 Å². The Hall–Kier alpha value is -3.47. The van der Waals surface area contributed by atoms with Crippen LogP contribution in [-0.2, 0) is 16.1 Å². The molecule has 3 aromatic rings. The highest BCUT2D eigenvalue weighted by Gasteiger charge is 2.34. The van der Waals surface area contributed by atoms with Gasteiger partial charge >= 0.3 is 0 Å². The van der Waals surface area contributed by atoms with E-state index in [0.717, 1.165) is 33.1 Å². The van der Waals surface area contributed by atoms with E-state index in [4.69, 9.17) is 18.0 Å². The van der Waals surface area contributed by atoms with Gasteiger partial charge in [0.05, 0.1) is 11.4 Å². The first kappa shape index (κ1) is 20.8. The number of hydrogen-bond acceptors (Lipinski definition) is 4. The maximum Gasteiger partial charge on any atom is 0.294 e. The monoisotopic (exact) mass is 449 g/mol. The normalized spacial score (nSPS) is 15.0. The molecule has 1 N–H and O–H groups in total. The van der Waals surface area contributed by atoms with Crippen LogP contribution >= 0.6 is 23.4 Å². The molecule has 1 aliphatic rings. The summed E-state index contributed by atoms with van der Waals surface area (Å²) in [5, 5.41) is 3.90. The number of carbonyl (C=O) groups excluding carboxylic acids is 3. The number of hydrogen-bond donors (Lipinski definition) is 1. The van der Waals surface area contributed by atoms with Crippen molar-refractivity contribution in [2.75, 3.05) is 11.9 Å². The van der Waals surface area contributed by atoms with Crippen LogP contribution in [0.5, 0.6) is 0 Å². The van der Waals surface area contributed by atoms with Crippen molar-refractivity contribution in [3.05, 3.63) is 70.2 Å². The zero-order valence-corrected chi connectivity index (χ0v) is 17.7. The van der Waals surface area contributed by atoms with Gasteiger partial charge < -0.3 is 9.88 Å². The number of fused-ring (bicyclic) bond motifs is 1. The number of thioether (sulfide) groups is 1. The predicted molar refractivity (Wildman–Crippen MR) is 124 cm³/mol. The summed E-state index contributed by atoms with van der Waals surface area (Å²) in [6.45, 7) is 0.0180. The van der Waals surface area contributed by atoms with E-state index in [2.05, 4.69) is 11.2 Å². The molecule has 0 bridgehead atoms. The summed E-state index contributed by atoms with van der Waals surface area (Å²) in [4.78, 5) is 38.4. The second-order valence-electron chi connectivity index (χ2n) is 6.76. The van der Waals surface area contributed by atoms with Crippen LogP contribution in [0.3, 0.4) is 0 Å². The first-order valence-electron chi connectivity index (χ1n) is 9.28. The lowest BCUT2D eigenvalue weighted by Crippen LogP contribution is -2.28. The minimum absolute atomic E-state index is 0.0609. The van der Waals surface area contributed by atoms with Gasteiger partial charge in [0.1, 0.15) is 6.54 Å². The molecule has 4 rings (SSSR count). The zero-order chi connectivity index (χ0) is 22.0. The van der Waals surface area contributed by atoms with E-state index in [0.29, 0.717) is 15.6 Å².